The average Bonchev–Trinajstić information content (AvgIpc) is 2.82. The second-order valence-corrected chi connectivity index (χ2v) is 8.02. The highest BCUT2D eigenvalue weighted by molar-refractivity contribution is 4.49. The van der Waals surface area contributed by atoms with Crippen LogP contribution in [0, 0.1) is 0 Å². The van der Waals surface area contributed by atoms with Gasteiger partial charge in [-0.3, -0.25) is 0 Å². The zero-order chi connectivity index (χ0) is 24.1. The summed E-state index contributed by atoms with van der Waals surface area (Å²) in [5.41, 5.74) is 0. The molecule has 0 aromatic heterocycles. The van der Waals surface area contributed by atoms with Crippen molar-refractivity contribution in [2.45, 2.75) is 71.3 Å². The number of hydrogen-bond acceptors (Lipinski definition) is 8. The molecule has 0 bridgehead atoms. The van der Waals surface area contributed by atoms with Crippen LogP contribution in [-0.2, 0) is 33.2 Å². The van der Waals surface area contributed by atoms with E-state index in [1.165, 1.54) is 44.9 Å². The van der Waals surface area contributed by atoms with Crippen molar-refractivity contribution in [2.75, 3.05) is 92.5 Å². The molecule has 1 atom stereocenters. The third-order valence-corrected chi connectivity index (χ3v) is 4.85. The van der Waals surface area contributed by atoms with E-state index >= 15 is 0 Å². The number of hydrogen-bond donors (Lipinski definition) is 1. The van der Waals surface area contributed by atoms with Crippen molar-refractivity contribution in [3.05, 3.63) is 0 Å². The number of ether oxygens (including phenoxy) is 7. The van der Waals surface area contributed by atoms with E-state index in [1.54, 1.807) is 0 Å². The maximum Gasteiger partial charge on any atom is 0.0781 e. The second-order valence-electron chi connectivity index (χ2n) is 8.02. The van der Waals surface area contributed by atoms with E-state index in [1.807, 2.05) is 6.92 Å². The molecule has 0 spiro atoms. The summed E-state index contributed by atoms with van der Waals surface area (Å²) < 4.78 is 38.2. The van der Waals surface area contributed by atoms with Crippen molar-refractivity contribution in [3.8, 4) is 0 Å². The van der Waals surface area contributed by atoms with Crippen LogP contribution in [0.2, 0.25) is 0 Å². The van der Waals surface area contributed by atoms with E-state index in [0.717, 1.165) is 13.0 Å². The van der Waals surface area contributed by atoms with Crippen molar-refractivity contribution in [1.29, 1.82) is 0 Å². The molecule has 1 unspecified atom stereocenters. The summed E-state index contributed by atoms with van der Waals surface area (Å²) in [5.74, 6) is 0. The molecule has 33 heavy (non-hydrogen) atoms. The molecule has 200 valence electrons. The van der Waals surface area contributed by atoms with Crippen molar-refractivity contribution in [1.82, 2.24) is 0 Å². The van der Waals surface area contributed by atoms with E-state index in [9.17, 15) is 0 Å². The Hall–Kier alpha value is -0.320. The first-order chi connectivity index (χ1) is 16.3. The standard InChI is InChI=1S/C25H52O8/c1-3-4-5-6-7-8-9-10-12-32-24-25(2)33-23-22-31-21-20-30-19-18-29-17-16-28-15-14-27-13-11-26/h25-26H,3-24H2,1-2H3. The highest BCUT2D eigenvalue weighted by Crippen LogP contribution is 2.08. The van der Waals surface area contributed by atoms with Crippen LogP contribution < -0.4 is 0 Å². The Morgan fingerprint density at radius 1 is 0.485 bits per heavy atom. The summed E-state index contributed by atoms with van der Waals surface area (Å²) in [6.45, 7) is 11.5. The summed E-state index contributed by atoms with van der Waals surface area (Å²) in [6.07, 6.45) is 10.6. The third kappa shape index (κ3) is 29.6. The average molecular weight is 481 g/mol. The molecule has 0 aliphatic rings. The minimum atomic E-state index is 0.0377. The maximum atomic E-state index is 8.56. The summed E-state index contributed by atoms with van der Waals surface area (Å²) in [6, 6.07) is 0. The minimum Gasteiger partial charge on any atom is -0.394 e. The van der Waals surface area contributed by atoms with Crippen LogP contribution in [0.1, 0.15) is 65.2 Å². The molecule has 8 heteroatoms. The van der Waals surface area contributed by atoms with Gasteiger partial charge in [-0.2, -0.15) is 0 Å². The van der Waals surface area contributed by atoms with Gasteiger partial charge in [0, 0.05) is 6.61 Å². The fraction of sp³-hybridized carbons (Fsp3) is 1.00. The molecule has 0 saturated carbocycles. The summed E-state index contributed by atoms with van der Waals surface area (Å²) in [5, 5.41) is 8.56. The van der Waals surface area contributed by atoms with E-state index in [0.29, 0.717) is 79.3 Å². The molecule has 0 amide bonds. The highest BCUT2D eigenvalue weighted by atomic mass is 16.6. The predicted octanol–water partition coefficient (Wildman–Crippen LogP) is 3.62. The lowest BCUT2D eigenvalue weighted by molar-refractivity contribution is -0.0412. The third-order valence-electron chi connectivity index (χ3n) is 4.85. The molecular formula is C25H52O8. The predicted molar refractivity (Wildman–Crippen MR) is 130 cm³/mol. The SMILES string of the molecule is CCCCCCCCCCOCC(C)OCCOCCOCCOCCOCCOCCO. The zero-order valence-electron chi connectivity index (χ0n) is 21.4. The van der Waals surface area contributed by atoms with Gasteiger partial charge in [0.25, 0.3) is 0 Å². The molecule has 0 aliphatic carbocycles. The van der Waals surface area contributed by atoms with Gasteiger partial charge in [-0.15, -0.1) is 0 Å². The Morgan fingerprint density at radius 3 is 1.39 bits per heavy atom. The zero-order valence-corrected chi connectivity index (χ0v) is 21.4. The highest BCUT2D eigenvalue weighted by Gasteiger charge is 2.02. The van der Waals surface area contributed by atoms with Crippen LogP contribution in [0.15, 0.2) is 0 Å². The van der Waals surface area contributed by atoms with Gasteiger partial charge in [-0.1, -0.05) is 51.9 Å². The summed E-state index contributed by atoms with van der Waals surface area (Å²) in [4.78, 5) is 0. The monoisotopic (exact) mass is 480 g/mol. The largest absolute Gasteiger partial charge is 0.394 e. The lowest BCUT2D eigenvalue weighted by Crippen LogP contribution is -2.19. The Morgan fingerprint density at radius 2 is 0.909 bits per heavy atom. The van der Waals surface area contributed by atoms with Gasteiger partial charge in [-0.25, -0.2) is 0 Å². The molecule has 1 N–H and O–H groups in total. The molecule has 0 heterocycles. The molecule has 8 nitrogen and oxygen atoms in total. The van der Waals surface area contributed by atoms with E-state index in [4.69, 9.17) is 38.3 Å². The number of unbranched alkanes of at least 4 members (excludes halogenated alkanes) is 7. The van der Waals surface area contributed by atoms with E-state index in [-0.39, 0.29) is 12.7 Å². The normalized spacial score (nSPS) is 12.5. The maximum absolute atomic E-state index is 8.56. The second kappa shape index (κ2) is 29.7. The van der Waals surface area contributed by atoms with Crippen molar-refractivity contribution < 1.29 is 38.3 Å². The van der Waals surface area contributed by atoms with Gasteiger partial charge < -0.3 is 38.3 Å². The molecule has 0 radical (unpaired) electrons. The Kier molecular flexibility index (Phi) is 29.4. The first-order valence-corrected chi connectivity index (χ1v) is 13.0. The van der Waals surface area contributed by atoms with Gasteiger partial charge in [0.05, 0.1) is 92.0 Å². The smallest absolute Gasteiger partial charge is 0.0781 e. The van der Waals surface area contributed by atoms with Gasteiger partial charge in [0.15, 0.2) is 0 Å². The first kappa shape index (κ1) is 32.7. The molecule has 0 aromatic carbocycles. The van der Waals surface area contributed by atoms with Crippen LogP contribution in [0.5, 0.6) is 0 Å². The Balaban J connectivity index is 3.12. The van der Waals surface area contributed by atoms with Crippen LogP contribution in [0.3, 0.4) is 0 Å². The van der Waals surface area contributed by atoms with Crippen LogP contribution in [0.4, 0.5) is 0 Å². The lowest BCUT2D eigenvalue weighted by Gasteiger charge is -2.13. The minimum absolute atomic E-state index is 0.0377. The van der Waals surface area contributed by atoms with Crippen molar-refractivity contribution in [3.63, 3.8) is 0 Å². The molecular weight excluding hydrogens is 428 g/mol. The fourth-order valence-electron chi connectivity index (χ4n) is 2.99. The van der Waals surface area contributed by atoms with Gasteiger partial charge >= 0.3 is 0 Å². The quantitative estimate of drug-likeness (QED) is 0.163. The summed E-state index contributed by atoms with van der Waals surface area (Å²) >= 11 is 0. The first-order valence-electron chi connectivity index (χ1n) is 13.0. The molecule has 0 saturated heterocycles. The Bertz CT molecular complexity index is 346. The van der Waals surface area contributed by atoms with Crippen molar-refractivity contribution in [2.24, 2.45) is 0 Å². The van der Waals surface area contributed by atoms with Gasteiger partial charge in [-0.05, 0) is 13.3 Å². The lowest BCUT2D eigenvalue weighted by atomic mass is 10.1. The van der Waals surface area contributed by atoms with Gasteiger partial charge in [0.2, 0.25) is 0 Å². The van der Waals surface area contributed by atoms with Gasteiger partial charge in [0.1, 0.15) is 0 Å². The number of rotatable bonds is 29. The number of aliphatic hydroxyl groups excluding tert-OH is 1. The molecule has 0 aromatic rings. The molecule has 0 aliphatic heterocycles. The topological polar surface area (TPSA) is 84.8 Å². The van der Waals surface area contributed by atoms with Crippen LogP contribution in [0.25, 0.3) is 0 Å². The molecule has 0 fully saturated rings. The number of aliphatic hydroxyl groups is 1. The van der Waals surface area contributed by atoms with Crippen molar-refractivity contribution >= 4 is 0 Å². The fourth-order valence-corrected chi connectivity index (χ4v) is 2.99. The van der Waals surface area contributed by atoms with E-state index in [2.05, 4.69) is 6.92 Å². The Labute approximate surface area is 202 Å². The summed E-state index contributed by atoms with van der Waals surface area (Å²) in [7, 11) is 0. The van der Waals surface area contributed by atoms with Crippen LogP contribution >= 0.6 is 0 Å². The molecule has 0 rings (SSSR count). The van der Waals surface area contributed by atoms with Crippen LogP contribution in [-0.4, -0.2) is 104 Å². The van der Waals surface area contributed by atoms with E-state index < -0.39 is 0 Å².